The van der Waals surface area contributed by atoms with Gasteiger partial charge >= 0.3 is 0 Å². The quantitative estimate of drug-likeness (QED) is 0.776. The zero-order valence-corrected chi connectivity index (χ0v) is 14.3. The molecule has 4 heteroatoms. The van der Waals surface area contributed by atoms with Crippen molar-refractivity contribution < 1.29 is 14.6 Å². The van der Waals surface area contributed by atoms with Crippen LogP contribution < -0.4 is 10.1 Å². The Morgan fingerprint density at radius 1 is 1.32 bits per heavy atom. The van der Waals surface area contributed by atoms with Gasteiger partial charge in [0.1, 0.15) is 5.75 Å². The van der Waals surface area contributed by atoms with Gasteiger partial charge in [-0.3, -0.25) is 4.79 Å². The van der Waals surface area contributed by atoms with Crippen LogP contribution in [0.4, 0.5) is 0 Å². The molecule has 22 heavy (non-hydrogen) atoms. The number of nitrogens with one attached hydrogen (secondary N) is 1. The Hall–Kier alpha value is -1.55. The summed E-state index contributed by atoms with van der Waals surface area (Å²) in [5.74, 6) is 0.997. The van der Waals surface area contributed by atoms with E-state index in [1.807, 2.05) is 32.0 Å². The normalized spacial score (nSPS) is 13.0. The van der Waals surface area contributed by atoms with Crippen molar-refractivity contribution in [3.63, 3.8) is 0 Å². The molecule has 0 saturated heterocycles. The van der Waals surface area contributed by atoms with E-state index in [2.05, 4.69) is 25.2 Å². The molecule has 1 unspecified atom stereocenters. The molecule has 0 fully saturated rings. The predicted molar refractivity (Wildman–Crippen MR) is 89.1 cm³/mol. The van der Waals surface area contributed by atoms with Gasteiger partial charge in [0, 0.05) is 6.54 Å². The number of ether oxygens (including phenoxy) is 1. The molecule has 0 bridgehead atoms. The third kappa shape index (κ3) is 6.94. The van der Waals surface area contributed by atoms with Crippen molar-refractivity contribution >= 4 is 5.91 Å². The van der Waals surface area contributed by atoms with Crippen LogP contribution in [-0.2, 0) is 4.79 Å². The Kier molecular flexibility index (Phi) is 6.88. The van der Waals surface area contributed by atoms with E-state index in [1.165, 1.54) is 5.56 Å². The van der Waals surface area contributed by atoms with E-state index in [9.17, 15) is 9.90 Å². The van der Waals surface area contributed by atoms with Gasteiger partial charge < -0.3 is 15.2 Å². The van der Waals surface area contributed by atoms with Crippen LogP contribution in [-0.4, -0.2) is 30.3 Å². The zero-order valence-electron chi connectivity index (χ0n) is 14.3. The molecule has 0 aliphatic rings. The number of aliphatic hydroxyl groups excluding tert-OH is 1. The predicted octanol–water partition coefficient (Wildman–Crippen LogP) is 3.10. The standard InChI is InChI=1S/C18H29NO3/c1-13(2)15-7-6-8-16(9-15)22-11-17(21)19-12-18(4,5)10-14(3)20/h6-9,13-14,20H,10-12H2,1-5H3,(H,19,21). The van der Waals surface area contributed by atoms with Crippen molar-refractivity contribution in [2.24, 2.45) is 5.41 Å². The molecule has 0 spiro atoms. The van der Waals surface area contributed by atoms with Gasteiger partial charge in [0.15, 0.2) is 6.61 Å². The van der Waals surface area contributed by atoms with Crippen molar-refractivity contribution in [1.82, 2.24) is 5.32 Å². The molecule has 0 aromatic heterocycles. The van der Waals surface area contributed by atoms with Gasteiger partial charge in [-0.2, -0.15) is 0 Å². The lowest BCUT2D eigenvalue weighted by atomic mass is 9.87. The molecule has 0 heterocycles. The van der Waals surface area contributed by atoms with Gasteiger partial charge in [0.2, 0.25) is 0 Å². The van der Waals surface area contributed by atoms with Crippen LogP contribution in [0.5, 0.6) is 5.75 Å². The summed E-state index contributed by atoms with van der Waals surface area (Å²) in [5.41, 5.74) is 1.05. The fourth-order valence-corrected chi connectivity index (χ4v) is 2.37. The van der Waals surface area contributed by atoms with E-state index in [-0.39, 0.29) is 24.0 Å². The molecule has 1 atom stereocenters. The Labute approximate surface area is 133 Å². The van der Waals surface area contributed by atoms with Gasteiger partial charge in [-0.25, -0.2) is 0 Å². The van der Waals surface area contributed by atoms with Gasteiger partial charge in [0.25, 0.3) is 5.91 Å². The van der Waals surface area contributed by atoms with Crippen LogP contribution in [0.3, 0.4) is 0 Å². The van der Waals surface area contributed by atoms with Crippen LogP contribution in [0.25, 0.3) is 0 Å². The van der Waals surface area contributed by atoms with Crippen molar-refractivity contribution in [3.8, 4) is 5.75 Å². The fourth-order valence-electron chi connectivity index (χ4n) is 2.37. The Bertz CT molecular complexity index is 481. The second-order valence-electron chi connectivity index (χ2n) is 7.01. The van der Waals surface area contributed by atoms with Crippen LogP contribution in [0.1, 0.15) is 52.5 Å². The van der Waals surface area contributed by atoms with E-state index in [0.717, 1.165) is 0 Å². The van der Waals surface area contributed by atoms with Crippen molar-refractivity contribution in [2.75, 3.05) is 13.2 Å². The number of benzene rings is 1. The highest BCUT2D eigenvalue weighted by atomic mass is 16.5. The summed E-state index contributed by atoms with van der Waals surface area (Å²) in [4.78, 5) is 11.9. The number of hydrogen-bond donors (Lipinski definition) is 2. The number of carbonyl (C=O) groups excluding carboxylic acids is 1. The first kappa shape index (κ1) is 18.5. The minimum Gasteiger partial charge on any atom is -0.484 e. The van der Waals surface area contributed by atoms with Crippen LogP contribution >= 0.6 is 0 Å². The van der Waals surface area contributed by atoms with Crippen molar-refractivity contribution in [2.45, 2.75) is 53.1 Å². The smallest absolute Gasteiger partial charge is 0.257 e. The highest BCUT2D eigenvalue weighted by Gasteiger charge is 2.21. The van der Waals surface area contributed by atoms with E-state index in [4.69, 9.17) is 4.74 Å². The van der Waals surface area contributed by atoms with Crippen molar-refractivity contribution in [3.05, 3.63) is 29.8 Å². The fraction of sp³-hybridized carbons (Fsp3) is 0.611. The monoisotopic (exact) mass is 307 g/mol. The Morgan fingerprint density at radius 2 is 2.00 bits per heavy atom. The minimum absolute atomic E-state index is 0.00626. The lowest BCUT2D eigenvalue weighted by molar-refractivity contribution is -0.123. The second kappa shape index (κ2) is 8.18. The molecule has 0 aliphatic heterocycles. The highest BCUT2D eigenvalue weighted by Crippen LogP contribution is 2.21. The SMILES string of the molecule is CC(O)CC(C)(C)CNC(=O)COc1cccc(C(C)C)c1. The van der Waals surface area contributed by atoms with E-state index in [0.29, 0.717) is 24.6 Å². The summed E-state index contributed by atoms with van der Waals surface area (Å²) in [6.45, 7) is 10.6. The summed E-state index contributed by atoms with van der Waals surface area (Å²) < 4.78 is 5.54. The maximum Gasteiger partial charge on any atom is 0.257 e. The first-order chi connectivity index (χ1) is 10.2. The molecule has 1 aromatic carbocycles. The maximum atomic E-state index is 11.9. The van der Waals surface area contributed by atoms with Crippen LogP contribution in [0.15, 0.2) is 24.3 Å². The van der Waals surface area contributed by atoms with E-state index in [1.54, 1.807) is 6.92 Å². The lowest BCUT2D eigenvalue weighted by Gasteiger charge is -2.26. The zero-order chi connectivity index (χ0) is 16.8. The first-order valence-corrected chi connectivity index (χ1v) is 7.87. The maximum absolute atomic E-state index is 11.9. The molecular formula is C18H29NO3. The molecule has 124 valence electrons. The Morgan fingerprint density at radius 3 is 2.59 bits per heavy atom. The van der Waals surface area contributed by atoms with Gasteiger partial charge in [-0.15, -0.1) is 0 Å². The second-order valence-corrected chi connectivity index (χ2v) is 7.01. The number of rotatable bonds is 8. The van der Waals surface area contributed by atoms with E-state index >= 15 is 0 Å². The third-order valence-electron chi connectivity index (χ3n) is 3.51. The molecule has 0 saturated carbocycles. The summed E-state index contributed by atoms with van der Waals surface area (Å²) in [6.07, 6.45) is 0.270. The number of carbonyl (C=O) groups is 1. The molecule has 1 rings (SSSR count). The Balaban J connectivity index is 2.42. The molecule has 0 radical (unpaired) electrons. The summed E-state index contributed by atoms with van der Waals surface area (Å²) >= 11 is 0. The average Bonchev–Trinajstić information content (AvgIpc) is 2.42. The molecular weight excluding hydrogens is 278 g/mol. The molecule has 0 aliphatic carbocycles. The molecule has 4 nitrogen and oxygen atoms in total. The minimum atomic E-state index is -0.373. The molecule has 1 aromatic rings. The molecule has 2 N–H and O–H groups in total. The summed E-state index contributed by atoms with van der Waals surface area (Å²) in [6, 6.07) is 7.82. The van der Waals surface area contributed by atoms with Gasteiger partial charge in [-0.1, -0.05) is 39.8 Å². The van der Waals surface area contributed by atoms with Crippen LogP contribution in [0, 0.1) is 5.41 Å². The number of hydrogen-bond acceptors (Lipinski definition) is 3. The lowest BCUT2D eigenvalue weighted by Crippen LogP contribution is -2.38. The van der Waals surface area contributed by atoms with Gasteiger partial charge in [-0.05, 0) is 42.4 Å². The van der Waals surface area contributed by atoms with Crippen molar-refractivity contribution in [1.29, 1.82) is 0 Å². The largest absolute Gasteiger partial charge is 0.484 e. The first-order valence-electron chi connectivity index (χ1n) is 7.87. The number of amides is 1. The number of aliphatic hydroxyl groups is 1. The van der Waals surface area contributed by atoms with E-state index < -0.39 is 0 Å². The molecule has 1 amide bonds. The average molecular weight is 307 g/mol. The van der Waals surface area contributed by atoms with Gasteiger partial charge in [0.05, 0.1) is 6.10 Å². The summed E-state index contributed by atoms with van der Waals surface area (Å²) in [7, 11) is 0. The highest BCUT2D eigenvalue weighted by molar-refractivity contribution is 5.77. The topological polar surface area (TPSA) is 58.6 Å². The third-order valence-corrected chi connectivity index (χ3v) is 3.51. The summed E-state index contributed by atoms with van der Waals surface area (Å²) in [5, 5.41) is 12.3. The van der Waals surface area contributed by atoms with Crippen LogP contribution in [0.2, 0.25) is 0 Å².